The predicted octanol–water partition coefficient (Wildman–Crippen LogP) is 6.09. The maximum atomic E-state index is 10.8. The molecule has 0 aliphatic heterocycles. The summed E-state index contributed by atoms with van der Waals surface area (Å²) in [5.74, 6) is 0.363. The van der Waals surface area contributed by atoms with Crippen LogP contribution in [-0.2, 0) is 10.8 Å². The molecule has 0 radical (unpaired) electrons. The van der Waals surface area contributed by atoms with Crippen LogP contribution in [0.3, 0.4) is 0 Å². The molecular formula is C25H44O3Si. The van der Waals surface area contributed by atoms with Gasteiger partial charge in [-0.1, -0.05) is 70.4 Å². The van der Waals surface area contributed by atoms with Gasteiger partial charge in [0.15, 0.2) is 8.32 Å². The molecule has 1 saturated carbocycles. The average Bonchev–Trinajstić information content (AvgIpc) is 2.66. The highest BCUT2D eigenvalue weighted by Crippen LogP contribution is 2.38. The molecule has 0 spiro atoms. The average molecular weight is 421 g/mol. The molecule has 2 N–H and O–H groups in total. The molecule has 166 valence electrons. The zero-order valence-electron chi connectivity index (χ0n) is 19.4. The zero-order valence-corrected chi connectivity index (χ0v) is 20.4. The number of benzene rings is 1. The second kappa shape index (κ2) is 11.1. The predicted molar refractivity (Wildman–Crippen MR) is 125 cm³/mol. The van der Waals surface area contributed by atoms with Crippen LogP contribution in [0.5, 0.6) is 0 Å². The van der Waals surface area contributed by atoms with Crippen LogP contribution in [-0.4, -0.2) is 36.8 Å². The van der Waals surface area contributed by atoms with Gasteiger partial charge in [0, 0.05) is 6.10 Å². The standard InChI is InChI=1S/C25H44O3Si/c1-25(2,3)29(4,5)28-23(17-16-20-12-8-6-9-13-20)18-22(26)19-24(27)21-14-10-7-11-15-21/h6,8-9,12-13,21-24,26-27H,7,10-11,14-19H2,1-5H3/t22-,23+,24-/m0/s1. The van der Waals surface area contributed by atoms with E-state index in [-0.39, 0.29) is 17.2 Å². The summed E-state index contributed by atoms with van der Waals surface area (Å²) < 4.78 is 6.72. The minimum Gasteiger partial charge on any atom is -0.414 e. The molecule has 1 aromatic rings. The highest BCUT2D eigenvalue weighted by molar-refractivity contribution is 6.74. The molecule has 0 bridgehead atoms. The van der Waals surface area contributed by atoms with Crippen LogP contribution < -0.4 is 0 Å². The van der Waals surface area contributed by atoms with E-state index in [1.807, 2.05) is 6.07 Å². The van der Waals surface area contributed by atoms with E-state index in [9.17, 15) is 10.2 Å². The first-order chi connectivity index (χ1) is 13.6. The lowest BCUT2D eigenvalue weighted by Crippen LogP contribution is -2.45. The fourth-order valence-corrected chi connectivity index (χ4v) is 5.58. The van der Waals surface area contributed by atoms with Crippen molar-refractivity contribution in [3.8, 4) is 0 Å². The van der Waals surface area contributed by atoms with Crippen LogP contribution in [0.15, 0.2) is 30.3 Å². The van der Waals surface area contributed by atoms with Gasteiger partial charge in [0.05, 0.1) is 12.2 Å². The van der Waals surface area contributed by atoms with Gasteiger partial charge in [-0.05, 0) is 68.1 Å². The minimum atomic E-state index is -1.92. The number of rotatable bonds is 10. The first-order valence-corrected chi connectivity index (χ1v) is 14.6. The Bertz CT molecular complexity index is 575. The number of hydrogen-bond donors (Lipinski definition) is 2. The van der Waals surface area contributed by atoms with Gasteiger partial charge in [0.2, 0.25) is 0 Å². The van der Waals surface area contributed by atoms with Crippen LogP contribution >= 0.6 is 0 Å². The Morgan fingerprint density at radius 3 is 2.21 bits per heavy atom. The maximum absolute atomic E-state index is 10.8. The van der Waals surface area contributed by atoms with E-state index in [4.69, 9.17) is 4.43 Å². The lowest BCUT2D eigenvalue weighted by Gasteiger charge is -2.40. The third-order valence-corrected chi connectivity index (χ3v) is 11.6. The van der Waals surface area contributed by atoms with Crippen LogP contribution in [0, 0.1) is 5.92 Å². The highest BCUT2D eigenvalue weighted by atomic mass is 28.4. The normalized spacial score (nSPS) is 19.7. The molecule has 0 amide bonds. The fourth-order valence-electron chi connectivity index (χ4n) is 4.18. The van der Waals surface area contributed by atoms with E-state index in [0.29, 0.717) is 18.8 Å². The second-order valence-corrected chi connectivity index (χ2v) is 15.4. The molecule has 1 fully saturated rings. The summed E-state index contributed by atoms with van der Waals surface area (Å²) in [4.78, 5) is 0. The van der Waals surface area contributed by atoms with Gasteiger partial charge < -0.3 is 14.6 Å². The summed E-state index contributed by atoms with van der Waals surface area (Å²) in [5.41, 5.74) is 1.31. The van der Waals surface area contributed by atoms with Gasteiger partial charge in [-0.2, -0.15) is 0 Å². The van der Waals surface area contributed by atoms with Crippen molar-refractivity contribution in [1.29, 1.82) is 0 Å². The smallest absolute Gasteiger partial charge is 0.192 e. The van der Waals surface area contributed by atoms with E-state index in [1.54, 1.807) is 0 Å². The molecule has 1 aliphatic rings. The molecule has 0 aromatic heterocycles. The van der Waals surface area contributed by atoms with Gasteiger partial charge in [-0.15, -0.1) is 0 Å². The highest BCUT2D eigenvalue weighted by Gasteiger charge is 2.39. The minimum absolute atomic E-state index is 0.0321. The Morgan fingerprint density at radius 1 is 1.00 bits per heavy atom. The zero-order chi connectivity index (χ0) is 21.5. The van der Waals surface area contributed by atoms with Gasteiger partial charge in [0.25, 0.3) is 0 Å². The number of aliphatic hydroxyl groups excluding tert-OH is 2. The van der Waals surface area contributed by atoms with Gasteiger partial charge in [0.1, 0.15) is 0 Å². The molecule has 0 saturated heterocycles. The van der Waals surface area contributed by atoms with Crippen molar-refractivity contribution in [3.63, 3.8) is 0 Å². The fraction of sp³-hybridized carbons (Fsp3) is 0.760. The van der Waals surface area contributed by atoms with Crippen molar-refractivity contribution in [2.75, 3.05) is 0 Å². The van der Waals surface area contributed by atoms with E-state index >= 15 is 0 Å². The lowest BCUT2D eigenvalue weighted by molar-refractivity contribution is 0.0109. The quantitative estimate of drug-likeness (QED) is 0.450. The van der Waals surface area contributed by atoms with Crippen molar-refractivity contribution >= 4 is 8.32 Å². The summed E-state index contributed by atoms with van der Waals surface area (Å²) in [6, 6.07) is 10.5. The SMILES string of the molecule is CC(C)(C)[Si](C)(C)O[C@H](CCc1ccccc1)C[C@H](O)C[C@H](O)C1CCCCC1. The van der Waals surface area contributed by atoms with E-state index in [1.165, 1.54) is 24.8 Å². The van der Waals surface area contributed by atoms with Crippen molar-refractivity contribution < 1.29 is 14.6 Å². The lowest BCUT2D eigenvalue weighted by atomic mass is 9.83. The monoisotopic (exact) mass is 420 g/mol. The Kier molecular flexibility index (Phi) is 9.40. The third kappa shape index (κ3) is 8.16. The Balaban J connectivity index is 1.97. The number of aliphatic hydroxyl groups is 2. The summed E-state index contributed by atoms with van der Waals surface area (Å²) in [6.45, 7) is 11.3. The van der Waals surface area contributed by atoms with E-state index in [2.05, 4.69) is 58.1 Å². The van der Waals surface area contributed by atoms with Crippen LogP contribution in [0.25, 0.3) is 0 Å². The summed E-state index contributed by atoms with van der Waals surface area (Å²) >= 11 is 0. The Hall–Kier alpha value is -0.683. The molecule has 3 nitrogen and oxygen atoms in total. The van der Waals surface area contributed by atoms with Crippen molar-refractivity contribution in [2.45, 2.75) is 115 Å². The van der Waals surface area contributed by atoms with Crippen LogP contribution in [0.4, 0.5) is 0 Å². The molecular weight excluding hydrogens is 376 g/mol. The molecule has 0 unspecified atom stereocenters. The van der Waals surface area contributed by atoms with Crippen LogP contribution in [0.2, 0.25) is 18.1 Å². The number of aryl methyl sites for hydroxylation is 1. The summed E-state index contributed by atoms with van der Waals surface area (Å²) in [7, 11) is -1.92. The van der Waals surface area contributed by atoms with Gasteiger partial charge in [-0.25, -0.2) is 0 Å². The molecule has 1 aliphatic carbocycles. The molecule has 0 heterocycles. The molecule has 2 rings (SSSR count). The van der Waals surface area contributed by atoms with Crippen LogP contribution in [0.1, 0.15) is 77.7 Å². The Morgan fingerprint density at radius 2 is 1.62 bits per heavy atom. The largest absolute Gasteiger partial charge is 0.414 e. The van der Waals surface area contributed by atoms with E-state index in [0.717, 1.165) is 25.7 Å². The first kappa shape index (κ1) is 24.6. The first-order valence-electron chi connectivity index (χ1n) is 11.7. The Labute approximate surface area is 180 Å². The number of hydrogen-bond acceptors (Lipinski definition) is 3. The van der Waals surface area contributed by atoms with Crippen molar-refractivity contribution in [1.82, 2.24) is 0 Å². The van der Waals surface area contributed by atoms with Crippen molar-refractivity contribution in [3.05, 3.63) is 35.9 Å². The third-order valence-electron chi connectivity index (χ3n) is 7.11. The van der Waals surface area contributed by atoms with Crippen molar-refractivity contribution in [2.24, 2.45) is 5.92 Å². The molecule has 29 heavy (non-hydrogen) atoms. The van der Waals surface area contributed by atoms with Gasteiger partial charge >= 0.3 is 0 Å². The summed E-state index contributed by atoms with van der Waals surface area (Å²) in [6.07, 6.45) is 8.03. The molecule has 3 atom stereocenters. The molecule has 1 aromatic carbocycles. The topological polar surface area (TPSA) is 49.7 Å². The molecule has 4 heteroatoms. The van der Waals surface area contributed by atoms with E-state index < -0.39 is 14.4 Å². The summed E-state index contributed by atoms with van der Waals surface area (Å²) in [5, 5.41) is 21.6. The van der Waals surface area contributed by atoms with Gasteiger partial charge in [-0.3, -0.25) is 0 Å². The second-order valence-electron chi connectivity index (χ2n) is 10.6. The maximum Gasteiger partial charge on any atom is 0.192 e.